The average molecular weight is 681 g/mol. The molecular formula is C36H56O12. The van der Waals surface area contributed by atoms with Crippen LogP contribution in [0.2, 0.25) is 0 Å². The Morgan fingerprint density at radius 2 is 1.52 bits per heavy atom. The fourth-order valence-corrected chi connectivity index (χ4v) is 12.4. The average Bonchev–Trinajstić information content (AvgIpc) is 3.01. The quantitative estimate of drug-likeness (QED) is 0.150. The Hall–Kier alpha value is -1.64. The summed E-state index contributed by atoms with van der Waals surface area (Å²) in [6.07, 6.45) is -3.56. The number of hydrogen-bond acceptors (Lipinski definition) is 10. The second kappa shape index (κ2) is 11.7. The van der Waals surface area contributed by atoms with E-state index in [1.54, 1.807) is 6.92 Å². The Morgan fingerprint density at radius 3 is 2.12 bits per heavy atom. The molecule has 10 unspecified atom stereocenters. The molecule has 48 heavy (non-hydrogen) atoms. The summed E-state index contributed by atoms with van der Waals surface area (Å²) in [5.41, 5.74) is -3.46. The minimum absolute atomic E-state index is 0.0445. The van der Waals surface area contributed by atoms with Crippen LogP contribution in [0.25, 0.3) is 0 Å². The third-order valence-corrected chi connectivity index (χ3v) is 15.2. The SMILES string of the molecule is CC1(C)CC[C@]2(C(=O)O)CC[C@]3(CO)C(=CCC4[C@@]5(C)CC(O)C(OC6OC(CO)C(O)C(O)C6O)[C@](C)(C(=O)O)C5CC[C@]43C)C2C1. The summed E-state index contributed by atoms with van der Waals surface area (Å²) < 4.78 is 11.7. The molecule has 5 fully saturated rings. The molecule has 1 heterocycles. The van der Waals surface area contributed by atoms with Crippen LogP contribution in [0.15, 0.2) is 11.6 Å². The van der Waals surface area contributed by atoms with Gasteiger partial charge in [-0.1, -0.05) is 39.3 Å². The van der Waals surface area contributed by atoms with E-state index in [9.17, 15) is 50.4 Å². The van der Waals surface area contributed by atoms with Crippen molar-refractivity contribution in [3.05, 3.63) is 11.6 Å². The van der Waals surface area contributed by atoms with Crippen LogP contribution in [0.5, 0.6) is 0 Å². The second-order valence-electron chi connectivity index (χ2n) is 17.7. The van der Waals surface area contributed by atoms with Gasteiger partial charge in [-0.05, 0) is 98.7 Å². The van der Waals surface area contributed by atoms with Crippen molar-refractivity contribution in [2.24, 2.45) is 50.2 Å². The van der Waals surface area contributed by atoms with Gasteiger partial charge in [0.1, 0.15) is 30.5 Å². The number of aliphatic carboxylic acids is 2. The Morgan fingerprint density at radius 1 is 0.854 bits per heavy atom. The highest BCUT2D eigenvalue weighted by atomic mass is 16.7. The van der Waals surface area contributed by atoms with Crippen molar-refractivity contribution in [3.8, 4) is 0 Å². The van der Waals surface area contributed by atoms with E-state index < -0.39 is 94.5 Å². The van der Waals surface area contributed by atoms with Gasteiger partial charge in [-0.15, -0.1) is 0 Å². The predicted molar refractivity (Wildman–Crippen MR) is 170 cm³/mol. The van der Waals surface area contributed by atoms with Gasteiger partial charge in [0.05, 0.1) is 30.1 Å². The van der Waals surface area contributed by atoms with Crippen molar-refractivity contribution in [2.75, 3.05) is 13.2 Å². The molecule has 0 aromatic carbocycles. The van der Waals surface area contributed by atoms with E-state index in [-0.39, 0.29) is 30.3 Å². The van der Waals surface area contributed by atoms with Crippen molar-refractivity contribution in [1.82, 2.24) is 0 Å². The molecule has 272 valence electrons. The fourth-order valence-electron chi connectivity index (χ4n) is 12.4. The first-order valence-corrected chi connectivity index (χ1v) is 17.7. The van der Waals surface area contributed by atoms with Gasteiger partial charge in [0, 0.05) is 5.41 Å². The molecule has 12 heteroatoms. The lowest BCUT2D eigenvalue weighted by molar-refractivity contribution is -0.340. The molecule has 12 nitrogen and oxygen atoms in total. The summed E-state index contributed by atoms with van der Waals surface area (Å²) >= 11 is 0. The summed E-state index contributed by atoms with van der Waals surface area (Å²) in [6, 6.07) is 0. The zero-order valence-electron chi connectivity index (χ0n) is 28.8. The van der Waals surface area contributed by atoms with Crippen molar-refractivity contribution in [2.45, 2.75) is 135 Å². The number of fused-ring (bicyclic) bond motifs is 7. The molecule has 0 spiro atoms. The van der Waals surface area contributed by atoms with Crippen LogP contribution >= 0.6 is 0 Å². The van der Waals surface area contributed by atoms with Gasteiger partial charge in [0.2, 0.25) is 0 Å². The molecule has 8 N–H and O–H groups in total. The molecule has 0 bridgehead atoms. The summed E-state index contributed by atoms with van der Waals surface area (Å²) in [4.78, 5) is 26.3. The maximum Gasteiger partial charge on any atom is 0.312 e. The van der Waals surface area contributed by atoms with Crippen LogP contribution in [-0.4, -0.2) is 109 Å². The van der Waals surface area contributed by atoms with Crippen LogP contribution in [-0.2, 0) is 19.1 Å². The van der Waals surface area contributed by atoms with Crippen molar-refractivity contribution >= 4 is 11.9 Å². The van der Waals surface area contributed by atoms with Crippen LogP contribution in [0, 0.1) is 50.2 Å². The van der Waals surface area contributed by atoms with E-state index >= 15 is 0 Å². The van der Waals surface area contributed by atoms with Gasteiger partial charge >= 0.3 is 11.9 Å². The molecule has 4 saturated carbocycles. The lowest BCUT2D eigenvalue weighted by atomic mass is 9.33. The van der Waals surface area contributed by atoms with Crippen molar-refractivity contribution in [1.29, 1.82) is 0 Å². The Balaban J connectivity index is 1.38. The first-order valence-electron chi connectivity index (χ1n) is 17.7. The maximum absolute atomic E-state index is 13.4. The van der Waals surface area contributed by atoms with Gasteiger partial charge < -0.3 is 50.3 Å². The maximum atomic E-state index is 13.4. The number of hydrogen-bond donors (Lipinski definition) is 8. The number of carbonyl (C=O) groups is 2. The molecule has 5 aliphatic carbocycles. The Labute approximate surface area is 282 Å². The lowest BCUT2D eigenvalue weighted by Crippen LogP contribution is -2.71. The first-order chi connectivity index (χ1) is 22.3. The minimum Gasteiger partial charge on any atom is -0.481 e. The van der Waals surface area contributed by atoms with Gasteiger partial charge in [-0.2, -0.15) is 0 Å². The Bertz CT molecular complexity index is 1330. The molecule has 6 aliphatic rings. The van der Waals surface area contributed by atoms with Gasteiger partial charge in [-0.25, -0.2) is 0 Å². The zero-order valence-corrected chi connectivity index (χ0v) is 28.8. The molecule has 1 aliphatic heterocycles. The summed E-state index contributed by atoms with van der Waals surface area (Å²) in [5, 5.41) is 85.8. The van der Waals surface area contributed by atoms with Crippen LogP contribution < -0.4 is 0 Å². The fraction of sp³-hybridized carbons (Fsp3) is 0.889. The largest absolute Gasteiger partial charge is 0.481 e. The molecule has 0 amide bonds. The first kappa shape index (κ1) is 36.2. The number of rotatable bonds is 6. The number of ether oxygens (including phenoxy) is 2. The second-order valence-corrected chi connectivity index (χ2v) is 17.7. The molecular weight excluding hydrogens is 624 g/mol. The van der Waals surface area contributed by atoms with Gasteiger partial charge in [0.25, 0.3) is 0 Å². The molecule has 0 aromatic rings. The third kappa shape index (κ3) is 4.69. The zero-order chi connectivity index (χ0) is 35.4. The van der Waals surface area contributed by atoms with Crippen molar-refractivity contribution in [3.63, 3.8) is 0 Å². The molecule has 1 saturated heterocycles. The molecule has 0 aromatic heterocycles. The van der Waals surface area contributed by atoms with Crippen LogP contribution in [0.3, 0.4) is 0 Å². The summed E-state index contributed by atoms with van der Waals surface area (Å²) in [5.74, 6) is -2.81. The van der Waals surface area contributed by atoms with E-state index in [4.69, 9.17) is 9.47 Å². The third-order valence-electron chi connectivity index (χ3n) is 15.2. The van der Waals surface area contributed by atoms with E-state index in [0.29, 0.717) is 38.5 Å². The number of allylic oxidation sites excluding steroid dienone is 1. The number of aliphatic hydroxyl groups excluding tert-OH is 6. The van der Waals surface area contributed by atoms with Gasteiger partial charge in [0.15, 0.2) is 6.29 Å². The monoisotopic (exact) mass is 680 g/mol. The minimum atomic E-state index is -1.75. The number of carboxylic acids is 2. The number of carboxylic acid groups (broad SMARTS) is 2. The highest BCUT2D eigenvalue weighted by Gasteiger charge is 2.73. The Kier molecular flexibility index (Phi) is 8.81. The number of aliphatic hydroxyl groups is 6. The van der Waals surface area contributed by atoms with Crippen LogP contribution in [0.4, 0.5) is 0 Å². The van der Waals surface area contributed by atoms with E-state index in [0.717, 1.165) is 18.4 Å². The summed E-state index contributed by atoms with van der Waals surface area (Å²) in [6.45, 7) is 9.33. The smallest absolute Gasteiger partial charge is 0.312 e. The van der Waals surface area contributed by atoms with Crippen molar-refractivity contribution < 1.29 is 59.9 Å². The van der Waals surface area contributed by atoms with E-state index in [1.807, 2.05) is 6.92 Å². The van der Waals surface area contributed by atoms with Gasteiger partial charge in [-0.3, -0.25) is 9.59 Å². The topological polar surface area (TPSA) is 214 Å². The normalized spacial score (nSPS) is 52.9. The van der Waals surface area contributed by atoms with E-state index in [1.165, 1.54) is 0 Å². The highest BCUT2D eigenvalue weighted by molar-refractivity contribution is 5.77. The molecule has 0 radical (unpaired) electrons. The lowest BCUT2D eigenvalue weighted by Gasteiger charge is -2.71. The molecule has 6 rings (SSSR count). The molecule has 15 atom stereocenters. The van der Waals surface area contributed by atoms with Crippen LogP contribution in [0.1, 0.15) is 92.4 Å². The predicted octanol–water partition coefficient (Wildman–Crippen LogP) is 2.07. The van der Waals surface area contributed by atoms with E-state index in [2.05, 4.69) is 26.8 Å². The standard InChI is InChI=1S/C36H56O12/c1-31(2)10-11-35(30(45)46)12-13-36(17-38)18(19(35)14-31)6-7-22-32(3)15-20(39)27(34(5,29(43)44)23(32)8-9-33(22,36)4)48-28-26(42)25(41)24(40)21(16-37)47-28/h6,19-28,37-42H,7-17H2,1-5H3,(H,43,44)(H,45,46)/t19?,20?,21?,22?,23?,24?,25?,26?,27?,28?,32-,33-,34-,35+,36+/m1/s1. The summed E-state index contributed by atoms with van der Waals surface area (Å²) in [7, 11) is 0. The highest BCUT2D eigenvalue weighted by Crippen LogP contribution is 2.76.